The van der Waals surface area contributed by atoms with Crippen molar-refractivity contribution in [3.8, 4) is 0 Å². The van der Waals surface area contributed by atoms with Crippen LogP contribution in [0, 0.1) is 6.92 Å². The van der Waals surface area contributed by atoms with Crippen LogP contribution in [-0.2, 0) is 10.8 Å². The molecule has 0 amide bonds. The molecule has 0 heterocycles. The topological polar surface area (TPSA) is 12.4 Å². The fraction of sp³-hybridized carbons (Fsp3) is 0.409. The highest BCUT2D eigenvalue weighted by Crippen LogP contribution is 2.39. The summed E-state index contributed by atoms with van der Waals surface area (Å²) in [6.07, 6.45) is 8.03. The number of benzene rings is 1. The SMILES string of the molecule is C=C1C=CC=C/C1=N/c1ccc(C(C)(C)C)c(C(C)(C)C)c1C. The van der Waals surface area contributed by atoms with Crippen molar-refractivity contribution in [3.63, 3.8) is 0 Å². The van der Waals surface area contributed by atoms with Crippen molar-refractivity contribution in [3.05, 3.63) is 65.3 Å². The molecule has 0 fully saturated rings. The number of allylic oxidation sites excluding steroid dienone is 5. The lowest BCUT2D eigenvalue weighted by Crippen LogP contribution is -2.23. The molecular weight excluding hydrogens is 278 g/mol. The zero-order chi connectivity index (χ0) is 17.4. The summed E-state index contributed by atoms with van der Waals surface area (Å²) in [5.41, 5.74) is 7.24. The first-order chi connectivity index (χ1) is 10.5. The lowest BCUT2D eigenvalue weighted by Gasteiger charge is -2.32. The Balaban J connectivity index is 2.66. The second-order valence-electron chi connectivity index (χ2n) is 8.37. The largest absolute Gasteiger partial charge is 0.248 e. The van der Waals surface area contributed by atoms with Gasteiger partial charge in [0.15, 0.2) is 0 Å². The van der Waals surface area contributed by atoms with E-state index in [0.29, 0.717) is 0 Å². The minimum absolute atomic E-state index is 0.0855. The van der Waals surface area contributed by atoms with Crippen LogP contribution in [0.3, 0.4) is 0 Å². The minimum Gasteiger partial charge on any atom is -0.248 e. The zero-order valence-corrected chi connectivity index (χ0v) is 15.6. The van der Waals surface area contributed by atoms with Crippen molar-refractivity contribution in [2.24, 2.45) is 4.99 Å². The van der Waals surface area contributed by atoms with Gasteiger partial charge in [0.1, 0.15) is 0 Å². The van der Waals surface area contributed by atoms with E-state index in [-0.39, 0.29) is 10.8 Å². The highest BCUT2D eigenvalue weighted by atomic mass is 14.8. The van der Waals surface area contributed by atoms with Gasteiger partial charge in [0.2, 0.25) is 0 Å². The third kappa shape index (κ3) is 3.72. The molecule has 122 valence electrons. The van der Waals surface area contributed by atoms with Crippen molar-refractivity contribution < 1.29 is 0 Å². The van der Waals surface area contributed by atoms with Crippen LogP contribution in [0.25, 0.3) is 0 Å². The predicted molar refractivity (Wildman–Crippen MR) is 103 cm³/mol. The van der Waals surface area contributed by atoms with E-state index in [1.54, 1.807) is 0 Å². The summed E-state index contributed by atoms with van der Waals surface area (Å²) in [4.78, 5) is 4.88. The van der Waals surface area contributed by atoms with Gasteiger partial charge in [-0.2, -0.15) is 0 Å². The van der Waals surface area contributed by atoms with E-state index in [0.717, 1.165) is 17.0 Å². The maximum atomic E-state index is 4.88. The molecule has 23 heavy (non-hydrogen) atoms. The molecule has 1 aromatic rings. The quantitative estimate of drug-likeness (QED) is 0.573. The van der Waals surface area contributed by atoms with Crippen molar-refractivity contribution in [2.45, 2.75) is 59.3 Å². The normalized spacial score (nSPS) is 17.2. The van der Waals surface area contributed by atoms with E-state index in [2.05, 4.69) is 67.2 Å². The Morgan fingerprint density at radius 1 is 0.870 bits per heavy atom. The fourth-order valence-corrected chi connectivity index (χ4v) is 3.16. The van der Waals surface area contributed by atoms with Gasteiger partial charge in [0.05, 0.1) is 11.4 Å². The highest BCUT2D eigenvalue weighted by Gasteiger charge is 2.27. The standard InChI is InChI=1S/C22H29N/c1-15-11-9-10-12-18(15)23-19-14-13-17(21(3,4)5)20(16(19)2)22(6,7)8/h9-14H,1H2,2-8H3/b23-18-. The molecule has 0 radical (unpaired) electrons. The Morgan fingerprint density at radius 3 is 2.00 bits per heavy atom. The van der Waals surface area contributed by atoms with Crippen LogP contribution >= 0.6 is 0 Å². The van der Waals surface area contributed by atoms with E-state index in [9.17, 15) is 0 Å². The first-order valence-corrected chi connectivity index (χ1v) is 8.29. The van der Waals surface area contributed by atoms with Crippen LogP contribution in [0.5, 0.6) is 0 Å². The molecule has 1 aliphatic rings. The monoisotopic (exact) mass is 307 g/mol. The third-order valence-corrected chi connectivity index (χ3v) is 4.23. The van der Waals surface area contributed by atoms with Gasteiger partial charge in [-0.05, 0) is 52.2 Å². The summed E-state index contributed by atoms with van der Waals surface area (Å²) in [6.45, 7) is 20.0. The van der Waals surface area contributed by atoms with Gasteiger partial charge in [-0.3, -0.25) is 0 Å². The van der Waals surface area contributed by atoms with Crippen LogP contribution in [0.1, 0.15) is 58.2 Å². The van der Waals surface area contributed by atoms with Crippen LogP contribution in [0.15, 0.2) is 53.6 Å². The molecule has 0 atom stereocenters. The molecule has 1 aliphatic carbocycles. The molecule has 1 heteroatoms. The second-order valence-corrected chi connectivity index (χ2v) is 8.37. The molecule has 0 aromatic heterocycles. The summed E-state index contributed by atoms with van der Waals surface area (Å²) in [5, 5.41) is 0. The van der Waals surface area contributed by atoms with Crippen LogP contribution in [0.2, 0.25) is 0 Å². The Bertz CT molecular complexity index is 714. The number of hydrogen-bond donors (Lipinski definition) is 0. The van der Waals surface area contributed by atoms with E-state index in [1.165, 1.54) is 16.7 Å². The molecule has 0 spiro atoms. The van der Waals surface area contributed by atoms with Crippen LogP contribution in [-0.4, -0.2) is 5.71 Å². The Kier molecular flexibility index (Phi) is 4.52. The van der Waals surface area contributed by atoms with Crippen molar-refractivity contribution >= 4 is 11.4 Å². The van der Waals surface area contributed by atoms with E-state index in [1.807, 2.05) is 24.3 Å². The van der Waals surface area contributed by atoms with E-state index < -0.39 is 0 Å². The Morgan fingerprint density at radius 2 is 1.48 bits per heavy atom. The van der Waals surface area contributed by atoms with Gasteiger partial charge in [-0.15, -0.1) is 0 Å². The summed E-state index contributed by atoms with van der Waals surface area (Å²) < 4.78 is 0. The van der Waals surface area contributed by atoms with Crippen molar-refractivity contribution in [2.75, 3.05) is 0 Å². The van der Waals surface area contributed by atoms with Gasteiger partial charge >= 0.3 is 0 Å². The predicted octanol–water partition coefficient (Wildman–Crippen LogP) is 6.34. The third-order valence-electron chi connectivity index (χ3n) is 4.23. The average molecular weight is 307 g/mol. The van der Waals surface area contributed by atoms with Crippen molar-refractivity contribution in [1.29, 1.82) is 0 Å². The molecule has 0 N–H and O–H groups in total. The lowest BCUT2D eigenvalue weighted by molar-refractivity contribution is 0.527. The van der Waals surface area contributed by atoms with Gasteiger partial charge < -0.3 is 0 Å². The van der Waals surface area contributed by atoms with Gasteiger partial charge in [0, 0.05) is 0 Å². The number of rotatable bonds is 1. The van der Waals surface area contributed by atoms with Crippen LogP contribution < -0.4 is 0 Å². The number of aliphatic imine (C=N–C) groups is 1. The molecular formula is C22H29N. The summed E-state index contributed by atoms with van der Waals surface area (Å²) >= 11 is 0. The molecule has 2 rings (SSSR count). The Labute approximate surface area is 141 Å². The van der Waals surface area contributed by atoms with Gasteiger partial charge in [-0.1, -0.05) is 72.4 Å². The first-order valence-electron chi connectivity index (χ1n) is 8.29. The molecule has 1 nitrogen and oxygen atoms in total. The molecule has 0 bridgehead atoms. The fourth-order valence-electron chi connectivity index (χ4n) is 3.16. The van der Waals surface area contributed by atoms with Crippen LogP contribution in [0.4, 0.5) is 5.69 Å². The average Bonchev–Trinajstić information content (AvgIpc) is 2.40. The van der Waals surface area contributed by atoms with E-state index >= 15 is 0 Å². The molecule has 1 aromatic carbocycles. The van der Waals surface area contributed by atoms with Gasteiger partial charge in [-0.25, -0.2) is 4.99 Å². The molecule has 0 aliphatic heterocycles. The van der Waals surface area contributed by atoms with Crippen molar-refractivity contribution in [1.82, 2.24) is 0 Å². The summed E-state index contributed by atoms with van der Waals surface area (Å²) in [6, 6.07) is 4.40. The minimum atomic E-state index is 0.0855. The summed E-state index contributed by atoms with van der Waals surface area (Å²) in [5.74, 6) is 0. The number of nitrogens with zero attached hydrogens (tertiary/aromatic N) is 1. The maximum absolute atomic E-state index is 4.88. The molecule has 0 unspecified atom stereocenters. The second kappa shape index (κ2) is 5.96. The maximum Gasteiger partial charge on any atom is 0.0703 e. The summed E-state index contributed by atoms with van der Waals surface area (Å²) in [7, 11) is 0. The van der Waals surface area contributed by atoms with E-state index in [4.69, 9.17) is 4.99 Å². The molecule has 0 saturated heterocycles. The Hall–Kier alpha value is -1.89. The zero-order valence-electron chi connectivity index (χ0n) is 15.6. The first kappa shape index (κ1) is 17.5. The lowest BCUT2D eigenvalue weighted by atomic mass is 9.73. The highest BCUT2D eigenvalue weighted by molar-refractivity contribution is 6.12. The number of hydrogen-bond acceptors (Lipinski definition) is 1. The molecule has 0 saturated carbocycles. The smallest absolute Gasteiger partial charge is 0.0703 e. The van der Waals surface area contributed by atoms with Gasteiger partial charge in [0.25, 0.3) is 0 Å².